The first-order chi connectivity index (χ1) is 15.6. The van der Waals surface area contributed by atoms with E-state index in [1.807, 2.05) is 43.3 Å². The molecule has 1 aliphatic rings. The number of hydrogen-bond donors (Lipinski definition) is 4. The standard InChI is InChI=1S/C10H8N2O.C8H10.C7H16N4/c13-7-12-9-5-8-3-1-2-4-10(8)11-6-9;1-2-8-6-4-3-5-7-8;1-2-10-7-6(9)3-5(4-8)11-7/h1-7H,(H,12,13);3-7H,2H2,1H3;5-6H,2-4,8-9H2,1H3,(H,10,11). The van der Waals surface area contributed by atoms with Gasteiger partial charge in [-0.15, -0.1) is 0 Å². The molecule has 1 amide bonds. The number of amides is 1. The van der Waals surface area contributed by atoms with Crippen LogP contribution in [0.1, 0.15) is 25.8 Å². The lowest BCUT2D eigenvalue weighted by Crippen LogP contribution is -2.34. The molecule has 2 atom stereocenters. The molecule has 32 heavy (non-hydrogen) atoms. The number of amidine groups is 1. The van der Waals surface area contributed by atoms with E-state index in [2.05, 4.69) is 51.8 Å². The summed E-state index contributed by atoms with van der Waals surface area (Å²) >= 11 is 0. The van der Waals surface area contributed by atoms with Gasteiger partial charge in [0.05, 0.1) is 23.4 Å². The van der Waals surface area contributed by atoms with Gasteiger partial charge in [-0.05, 0) is 37.5 Å². The number of aryl methyl sites for hydroxylation is 1. The second-order valence-corrected chi connectivity index (χ2v) is 7.30. The number of aromatic nitrogens is 1. The molecule has 0 saturated carbocycles. The lowest BCUT2D eigenvalue weighted by Gasteiger charge is -2.05. The van der Waals surface area contributed by atoms with Crippen LogP contribution >= 0.6 is 0 Å². The predicted molar refractivity (Wildman–Crippen MR) is 134 cm³/mol. The number of hydrogen-bond acceptors (Lipinski definition) is 5. The Kier molecular flexibility index (Phi) is 10.8. The number of carbonyl (C=O) groups excluding carboxylic acids is 1. The highest BCUT2D eigenvalue weighted by Gasteiger charge is 2.25. The average Bonchev–Trinajstić information content (AvgIpc) is 3.20. The van der Waals surface area contributed by atoms with E-state index in [9.17, 15) is 4.79 Å². The molecule has 0 aliphatic carbocycles. The summed E-state index contributed by atoms with van der Waals surface area (Å²) in [6.45, 7) is 5.58. The van der Waals surface area contributed by atoms with Crippen LogP contribution in [0.2, 0.25) is 0 Å². The van der Waals surface area contributed by atoms with Gasteiger partial charge in [0.2, 0.25) is 6.41 Å². The molecule has 3 aromatic rings. The molecule has 7 heteroatoms. The first-order valence-electron chi connectivity index (χ1n) is 11.0. The molecule has 2 unspecified atom stereocenters. The summed E-state index contributed by atoms with van der Waals surface area (Å²) in [6.07, 6.45) is 4.33. The van der Waals surface area contributed by atoms with Crippen LogP contribution in [0.15, 0.2) is 71.9 Å². The maximum Gasteiger partial charge on any atom is 0.211 e. The second-order valence-electron chi connectivity index (χ2n) is 7.30. The van der Waals surface area contributed by atoms with Crippen LogP contribution < -0.4 is 22.1 Å². The van der Waals surface area contributed by atoms with Crippen molar-refractivity contribution < 1.29 is 4.79 Å². The van der Waals surface area contributed by atoms with Gasteiger partial charge in [-0.1, -0.05) is 55.5 Å². The summed E-state index contributed by atoms with van der Waals surface area (Å²) in [4.78, 5) is 18.6. The van der Waals surface area contributed by atoms with Gasteiger partial charge in [0.1, 0.15) is 5.84 Å². The Morgan fingerprint density at radius 2 is 1.88 bits per heavy atom. The van der Waals surface area contributed by atoms with Crippen molar-refractivity contribution >= 4 is 28.8 Å². The van der Waals surface area contributed by atoms with Crippen LogP contribution in [-0.2, 0) is 11.2 Å². The Hall–Kier alpha value is -3.29. The lowest BCUT2D eigenvalue weighted by atomic mass is 10.2. The van der Waals surface area contributed by atoms with E-state index >= 15 is 0 Å². The van der Waals surface area contributed by atoms with Crippen LogP contribution in [0.3, 0.4) is 0 Å². The average molecular weight is 435 g/mol. The summed E-state index contributed by atoms with van der Waals surface area (Å²) in [7, 11) is 0. The van der Waals surface area contributed by atoms with E-state index in [1.165, 1.54) is 5.56 Å². The van der Waals surface area contributed by atoms with Crippen molar-refractivity contribution in [1.29, 1.82) is 0 Å². The van der Waals surface area contributed by atoms with Gasteiger partial charge in [0, 0.05) is 24.5 Å². The molecule has 0 bridgehead atoms. The number of benzene rings is 2. The number of para-hydroxylation sites is 1. The first kappa shape index (κ1) is 25.0. The van der Waals surface area contributed by atoms with Gasteiger partial charge in [0.15, 0.2) is 0 Å². The van der Waals surface area contributed by atoms with Gasteiger partial charge in [-0.2, -0.15) is 0 Å². The molecule has 0 radical (unpaired) electrons. The fourth-order valence-corrected chi connectivity index (χ4v) is 3.21. The molecule has 6 N–H and O–H groups in total. The smallest absolute Gasteiger partial charge is 0.211 e. The number of aliphatic imine (C=N–C) groups is 1. The molecule has 0 spiro atoms. The fourth-order valence-electron chi connectivity index (χ4n) is 3.21. The minimum atomic E-state index is 0.0727. The van der Waals surface area contributed by atoms with E-state index in [0.717, 1.165) is 36.1 Å². The zero-order chi connectivity index (χ0) is 23.2. The normalized spacial score (nSPS) is 18.1. The van der Waals surface area contributed by atoms with Crippen molar-refractivity contribution in [3.05, 3.63) is 72.4 Å². The highest BCUT2D eigenvalue weighted by Crippen LogP contribution is 2.15. The van der Waals surface area contributed by atoms with E-state index in [1.54, 1.807) is 6.20 Å². The molecule has 1 fully saturated rings. The molecule has 170 valence electrons. The molecule has 1 aromatic heterocycles. The fraction of sp³-hybridized carbons (Fsp3) is 0.320. The zero-order valence-electron chi connectivity index (χ0n) is 18.9. The highest BCUT2D eigenvalue weighted by molar-refractivity contribution is 5.89. The van der Waals surface area contributed by atoms with Crippen LogP contribution in [0.4, 0.5) is 5.69 Å². The molecule has 1 saturated heterocycles. The van der Waals surface area contributed by atoms with Crippen molar-refractivity contribution in [3.8, 4) is 0 Å². The number of pyridine rings is 1. The summed E-state index contributed by atoms with van der Waals surface area (Å²) in [5, 5.41) is 6.77. The molecular formula is C25H34N6O. The van der Waals surface area contributed by atoms with E-state index in [0.29, 0.717) is 24.7 Å². The van der Waals surface area contributed by atoms with Gasteiger partial charge < -0.3 is 22.1 Å². The van der Waals surface area contributed by atoms with Crippen LogP contribution in [-0.4, -0.2) is 42.4 Å². The van der Waals surface area contributed by atoms with Crippen molar-refractivity contribution in [2.24, 2.45) is 16.5 Å². The number of rotatable bonds is 5. The summed E-state index contributed by atoms with van der Waals surface area (Å²) in [5.74, 6) is 0.919. The van der Waals surface area contributed by atoms with Gasteiger partial charge >= 0.3 is 0 Å². The Bertz CT molecular complexity index is 976. The third-order valence-corrected chi connectivity index (χ3v) is 4.92. The number of nitrogens with one attached hydrogen (secondary N) is 2. The van der Waals surface area contributed by atoms with Crippen molar-refractivity contribution in [1.82, 2.24) is 10.3 Å². The summed E-state index contributed by atoms with van der Waals surface area (Å²) < 4.78 is 0. The molecule has 2 aromatic carbocycles. The van der Waals surface area contributed by atoms with E-state index < -0.39 is 0 Å². The quantitative estimate of drug-likeness (QED) is 0.460. The number of carbonyl (C=O) groups is 1. The third-order valence-electron chi connectivity index (χ3n) is 4.92. The predicted octanol–water partition coefficient (Wildman–Crippen LogP) is 3.10. The number of nitrogens with two attached hydrogens (primary N) is 2. The van der Waals surface area contributed by atoms with E-state index in [4.69, 9.17) is 11.5 Å². The number of fused-ring (bicyclic) bond motifs is 1. The van der Waals surface area contributed by atoms with Gasteiger partial charge in [-0.25, -0.2) is 0 Å². The number of anilines is 1. The SMILES string of the molecule is CCN=C1NC(CN)CC1N.CCc1ccccc1.O=CNc1cnc2ccccc2c1. The maximum atomic E-state index is 10.2. The summed E-state index contributed by atoms with van der Waals surface area (Å²) in [6, 6.07) is 20.5. The molecular weight excluding hydrogens is 400 g/mol. The largest absolute Gasteiger partial charge is 0.368 e. The maximum absolute atomic E-state index is 10.2. The second kappa shape index (κ2) is 13.9. The minimum Gasteiger partial charge on any atom is -0.368 e. The van der Waals surface area contributed by atoms with Crippen molar-refractivity contribution in [2.45, 2.75) is 38.8 Å². The molecule has 1 aliphatic heterocycles. The van der Waals surface area contributed by atoms with Gasteiger partial charge in [0.25, 0.3) is 0 Å². The monoisotopic (exact) mass is 434 g/mol. The first-order valence-corrected chi connectivity index (χ1v) is 11.0. The Balaban J connectivity index is 0.000000175. The van der Waals surface area contributed by atoms with Crippen molar-refractivity contribution in [2.75, 3.05) is 18.4 Å². The Morgan fingerprint density at radius 1 is 1.16 bits per heavy atom. The van der Waals surface area contributed by atoms with Crippen LogP contribution in [0.25, 0.3) is 10.9 Å². The van der Waals surface area contributed by atoms with Crippen LogP contribution in [0, 0.1) is 0 Å². The Labute approximate surface area is 190 Å². The zero-order valence-corrected chi connectivity index (χ0v) is 18.9. The number of nitrogens with zero attached hydrogens (tertiary/aromatic N) is 2. The van der Waals surface area contributed by atoms with Gasteiger partial charge in [-0.3, -0.25) is 14.8 Å². The molecule has 4 rings (SSSR count). The van der Waals surface area contributed by atoms with E-state index in [-0.39, 0.29) is 6.04 Å². The lowest BCUT2D eigenvalue weighted by molar-refractivity contribution is -0.105. The minimum absolute atomic E-state index is 0.0727. The van der Waals surface area contributed by atoms with Crippen LogP contribution in [0.5, 0.6) is 0 Å². The Morgan fingerprint density at radius 3 is 2.47 bits per heavy atom. The highest BCUT2D eigenvalue weighted by atomic mass is 16.1. The molecule has 7 nitrogen and oxygen atoms in total. The topological polar surface area (TPSA) is 118 Å². The van der Waals surface area contributed by atoms with Crippen molar-refractivity contribution in [3.63, 3.8) is 0 Å². The third kappa shape index (κ3) is 8.09. The molecule has 2 heterocycles. The summed E-state index contributed by atoms with van der Waals surface area (Å²) in [5.41, 5.74) is 14.3.